The Hall–Kier alpha value is -2.74. The van der Waals surface area contributed by atoms with E-state index in [0.717, 1.165) is 80.6 Å². The number of carbonyl (C=O) groups excluding carboxylic acids is 3. The highest BCUT2D eigenvalue weighted by Gasteiger charge is 2.68. The molecule has 1 aromatic carbocycles. The average Bonchev–Trinajstić information content (AvgIpc) is 3.82. The standard InChI is InChI=1S/C20H30N2O5.C20H32N2O4.C7H8O3S/c21-17(23)11-22-18(24)10-12-1-3-19(4-2-12)25-20(27-26-19)15-6-13-5-14(8-15)9-16(20)7-13;21-5-6-22-18(23)12-13-1-3-19(4-2-13)24-20(26-25-19)16-8-14-7-15(10-16)11-17(20)9-14;1-6-2-4-7(5-3-6)11(8,9)10/h12-16H,1-11H2,(H2,21,23)(H,22,24);13-17H,1-12,21H2,(H,22,23);2-5H,1H3,(H,8,9,10). The molecule has 0 unspecified atom stereocenters. The molecule has 13 rings (SSSR count). The minimum atomic E-state index is -4.02. The first-order valence-corrected chi connectivity index (χ1v) is 25.7. The summed E-state index contributed by atoms with van der Waals surface area (Å²) in [5.74, 6) is 3.44. The first-order valence-electron chi connectivity index (χ1n) is 24.3. The van der Waals surface area contributed by atoms with Crippen molar-refractivity contribution in [2.24, 2.45) is 70.6 Å². The van der Waals surface area contributed by atoms with E-state index < -0.39 is 39.2 Å². The minimum Gasteiger partial charge on any atom is -0.368 e. The zero-order chi connectivity index (χ0) is 44.9. The summed E-state index contributed by atoms with van der Waals surface area (Å²) in [6.45, 7) is 2.80. The summed E-state index contributed by atoms with van der Waals surface area (Å²) in [4.78, 5) is 58.5. The van der Waals surface area contributed by atoms with Crippen LogP contribution in [0, 0.1) is 66.1 Å². The van der Waals surface area contributed by atoms with Gasteiger partial charge in [0, 0.05) is 75.3 Å². The molecule has 12 aliphatic rings. The Balaban J connectivity index is 0.000000132. The maximum Gasteiger partial charge on any atom is 0.294 e. The monoisotopic (exact) mass is 914 g/mol. The maximum atomic E-state index is 11.9. The second-order valence-corrected chi connectivity index (χ2v) is 22.8. The molecule has 2 aliphatic heterocycles. The van der Waals surface area contributed by atoms with Crippen LogP contribution < -0.4 is 22.1 Å². The van der Waals surface area contributed by atoms with Crippen molar-refractivity contribution in [3.8, 4) is 0 Å². The summed E-state index contributed by atoms with van der Waals surface area (Å²) < 4.78 is 42.9. The summed E-state index contributed by atoms with van der Waals surface area (Å²) in [6.07, 6.45) is 20.5. The van der Waals surface area contributed by atoms with Crippen LogP contribution in [-0.4, -0.2) is 73.5 Å². The van der Waals surface area contributed by atoms with Gasteiger partial charge in [0.25, 0.3) is 10.1 Å². The average molecular weight is 915 g/mol. The van der Waals surface area contributed by atoms with E-state index in [4.69, 9.17) is 45.0 Å². The number of ether oxygens (including phenoxy) is 2. The Morgan fingerprint density at radius 3 is 1.39 bits per heavy atom. The van der Waals surface area contributed by atoms with Crippen LogP contribution >= 0.6 is 0 Å². The zero-order valence-electron chi connectivity index (χ0n) is 37.3. The van der Waals surface area contributed by atoms with Crippen molar-refractivity contribution in [1.82, 2.24) is 10.6 Å². The van der Waals surface area contributed by atoms with Gasteiger partial charge in [-0.15, -0.1) is 0 Å². The number of benzene rings is 1. The third kappa shape index (κ3) is 9.67. The summed E-state index contributed by atoms with van der Waals surface area (Å²) in [5.41, 5.74) is 11.5. The lowest BCUT2D eigenvalue weighted by atomic mass is 9.53. The molecule has 64 heavy (non-hydrogen) atoms. The van der Waals surface area contributed by atoms with Crippen LogP contribution in [0.5, 0.6) is 0 Å². The Labute approximate surface area is 377 Å². The van der Waals surface area contributed by atoms with E-state index in [-0.39, 0.29) is 29.2 Å². The van der Waals surface area contributed by atoms with Crippen LogP contribution in [-0.2, 0) is 53.5 Å². The third-order valence-electron chi connectivity index (χ3n) is 16.8. The summed E-state index contributed by atoms with van der Waals surface area (Å²) in [6, 6.07) is 5.99. The van der Waals surface area contributed by atoms with Gasteiger partial charge in [-0.25, -0.2) is 0 Å². The van der Waals surface area contributed by atoms with Gasteiger partial charge in [-0.3, -0.25) is 18.9 Å². The number of hydrogen-bond donors (Lipinski definition) is 5. The summed E-state index contributed by atoms with van der Waals surface area (Å²) in [7, 11) is -4.02. The molecule has 2 saturated heterocycles. The molecule has 10 aliphatic carbocycles. The van der Waals surface area contributed by atoms with Crippen molar-refractivity contribution in [3.05, 3.63) is 29.8 Å². The van der Waals surface area contributed by atoms with Crippen molar-refractivity contribution in [2.75, 3.05) is 19.6 Å². The quantitative estimate of drug-likeness (QED) is 0.148. The normalized spacial score (nSPS) is 42.0. The number of nitrogens with two attached hydrogens (primary N) is 2. The number of aryl methyl sites for hydroxylation is 1. The fourth-order valence-electron chi connectivity index (χ4n) is 14.0. The first-order chi connectivity index (χ1) is 30.6. The smallest absolute Gasteiger partial charge is 0.294 e. The molecule has 0 radical (unpaired) electrons. The van der Waals surface area contributed by atoms with Crippen LogP contribution in [0.3, 0.4) is 0 Å². The van der Waals surface area contributed by atoms with Gasteiger partial charge >= 0.3 is 0 Å². The van der Waals surface area contributed by atoms with E-state index in [0.29, 0.717) is 55.5 Å². The van der Waals surface area contributed by atoms with Gasteiger partial charge in [0.05, 0.1) is 11.4 Å². The summed E-state index contributed by atoms with van der Waals surface area (Å²) in [5, 5.41) is 5.44. The van der Waals surface area contributed by atoms with Crippen LogP contribution in [0.25, 0.3) is 0 Å². The van der Waals surface area contributed by atoms with Gasteiger partial charge in [-0.2, -0.15) is 28.0 Å². The molecule has 0 aromatic heterocycles. The van der Waals surface area contributed by atoms with E-state index in [1.807, 2.05) is 6.92 Å². The zero-order valence-corrected chi connectivity index (χ0v) is 38.2. The number of carbonyl (C=O) groups is 3. The predicted octanol–water partition coefficient (Wildman–Crippen LogP) is 5.71. The van der Waals surface area contributed by atoms with Crippen LogP contribution in [0.2, 0.25) is 0 Å². The van der Waals surface area contributed by atoms with Crippen molar-refractivity contribution in [3.63, 3.8) is 0 Å². The molecule has 3 amide bonds. The molecule has 17 heteroatoms. The van der Waals surface area contributed by atoms with Crippen molar-refractivity contribution < 1.29 is 56.4 Å². The number of amides is 3. The third-order valence-corrected chi connectivity index (χ3v) is 17.7. The molecule has 356 valence electrons. The lowest BCUT2D eigenvalue weighted by Crippen LogP contribution is -2.59. The first kappa shape index (κ1) is 46.4. The number of nitrogens with one attached hydrogen (secondary N) is 2. The molecule has 16 nitrogen and oxygen atoms in total. The van der Waals surface area contributed by atoms with E-state index in [1.54, 1.807) is 12.1 Å². The Kier molecular flexibility index (Phi) is 13.3. The lowest BCUT2D eigenvalue weighted by molar-refractivity contribution is -0.390. The van der Waals surface area contributed by atoms with Crippen molar-refractivity contribution in [2.45, 2.75) is 163 Å². The largest absolute Gasteiger partial charge is 0.368 e. The number of primary amides is 1. The van der Waals surface area contributed by atoms with E-state index in [2.05, 4.69) is 10.6 Å². The van der Waals surface area contributed by atoms with Gasteiger partial charge in [0.1, 0.15) is 0 Å². The Bertz CT molecular complexity index is 1910. The van der Waals surface area contributed by atoms with Gasteiger partial charge in [0.2, 0.25) is 40.9 Å². The highest BCUT2D eigenvalue weighted by atomic mass is 32.2. The van der Waals surface area contributed by atoms with E-state index >= 15 is 0 Å². The molecule has 2 heterocycles. The highest BCUT2D eigenvalue weighted by Crippen LogP contribution is 2.65. The molecule has 0 atom stereocenters. The van der Waals surface area contributed by atoms with E-state index in [1.165, 1.54) is 76.3 Å². The summed E-state index contributed by atoms with van der Waals surface area (Å²) >= 11 is 0. The van der Waals surface area contributed by atoms with E-state index in [9.17, 15) is 22.8 Å². The number of hydrogen-bond acceptors (Lipinski definition) is 12. The van der Waals surface area contributed by atoms with Crippen LogP contribution in [0.1, 0.15) is 134 Å². The number of rotatable bonds is 9. The molecule has 10 saturated carbocycles. The van der Waals surface area contributed by atoms with Gasteiger partial charge in [-0.05, 0) is 144 Å². The van der Waals surface area contributed by atoms with Gasteiger partial charge < -0.3 is 31.6 Å². The van der Waals surface area contributed by atoms with Gasteiger partial charge in [-0.1, -0.05) is 17.7 Å². The second kappa shape index (κ2) is 18.4. The van der Waals surface area contributed by atoms with Crippen LogP contribution in [0.15, 0.2) is 29.2 Å². The molecular formula is C47H70N4O12S. The molecule has 8 bridgehead atoms. The fourth-order valence-corrected chi connectivity index (χ4v) is 14.5. The minimum absolute atomic E-state index is 0.0666. The van der Waals surface area contributed by atoms with Crippen LogP contribution in [0.4, 0.5) is 0 Å². The molecule has 12 fully saturated rings. The molecule has 1 aromatic rings. The Morgan fingerprint density at radius 1 is 0.641 bits per heavy atom. The Morgan fingerprint density at radius 2 is 1.03 bits per heavy atom. The van der Waals surface area contributed by atoms with Crippen molar-refractivity contribution >= 4 is 27.8 Å². The molecule has 7 N–H and O–H groups in total. The lowest BCUT2D eigenvalue weighted by Gasteiger charge is -2.57. The SMILES string of the molecule is Cc1ccc(S(=O)(=O)O)cc1.NC(=O)CNC(=O)CC1CCC2(CC1)OOC1(O2)C2CC3CC(C2)CC1C3.NCCNC(=O)CC1CCC2(CC1)OOC1(O2)C2CC3CC(C2)CC1C3. The predicted molar refractivity (Wildman–Crippen MR) is 230 cm³/mol. The van der Waals surface area contributed by atoms with Gasteiger partial charge in [0.15, 0.2) is 0 Å². The molecule has 4 spiro atoms. The van der Waals surface area contributed by atoms with Crippen molar-refractivity contribution in [1.29, 1.82) is 0 Å². The molecular weight excluding hydrogens is 845 g/mol. The second-order valence-electron chi connectivity index (χ2n) is 21.4. The maximum absolute atomic E-state index is 11.9. The topological polar surface area (TPSA) is 237 Å². The highest BCUT2D eigenvalue weighted by molar-refractivity contribution is 7.85. The fraction of sp³-hybridized carbons (Fsp3) is 0.809.